The number of aromatic nitrogens is 3. The summed E-state index contributed by atoms with van der Waals surface area (Å²) in [7, 11) is 0. The first-order chi connectivity index (χ1) is 14.6. The first kappa shape index (κ1) is 19.4. The molecule has 0 amide bonds. The number of nitrogens with zero attached hydrogens (tertiary/aromatic N) is 3. The molecule has 7 nitrogen and oxygen atoms in total. The summed E-state index contributed by atoms with van der Waals surface area (Å²) >= 11 is 0. The first-order valence-electron chi connectivity index (χ1n) is 9.82. The second-order valence-electron chi connectivity index (χ2n) is 7.07. The van der Waals surface area contributed by atoms with Gasteiger partial charge in [0.15, 0.2) is 0 Å². The number of hydrogen-bond donors (Lipinski definition) is 2. The fourth-order valence-electron chi connectivity index (χ4n) is 3.66. The number of nitrogens with one attached hydrogen (secondary N) is 1. The number of aromatic amines is 1. The number of anilines is 2. The summed E-state index contributed by atoms with van der Waals surface area (Å²) in [6.07, 6.45) is 1.75. The van der Waals surface area contributed by atoms with E-state index in [4.69, 9.17) is 5.73 Å². The van der Waals surface area contributed by atoms with Crippen LogP contribution in [0.2, 0.25) is 0 Å². The molecule has 2 aromatic heterocycles. The van der Waals surface area contributed by atoms with Crippen LogP contribution < -0.4 is 21.9 Å². The second-order valence-corrected chi connectivity index (χ2v) is 7.07. The van der Waals surface area contributed by atoms with Crippen LogP contribution in [0.1, 0.15) is 18.1 Å². The van der Waals surface area contributed by atoms with Crippen molar-refractivity contribution >= 4 is 22.4 Å². The Kier molecular flexibility index (Phi) is 5.34. The predicted molar refractivity (Wildman–Crippen MR) is 120 cm³/mol. The minimum absolute atomic E-state index is 0.155. The first-order valence-corrected chi connectivity index (χ1v) is 9.82. The molecule has 0 spiro atoms. The van der Waals surface area contributed by atoms with E-state index in [0.29, 0.717) is 18.8 Å². The maximum absolute atomic E-state index is 12.7. The van der Waals surface area contributed by atoms with E-state index in [-0.39, 0.29) is 12.4 Å². The average Bonchev–Trinajstić information content (AvgIpc) is 2.76. The van der Waals surface area contributed by atoms with Crippen LogP contribution in [0.5, 0.6) is 0 Å². The maximum atomic E-state index is 12.7. The van der Waals surface area contributed by atoms with Crippen molar-refractivity contribution in [3.8, 4) is 0 Å². The van der Waals surface area contributed by atoms with Crippen molar-refractivity contribution < 1.29 is 0 Å². The van der Waals surface area contributed by atoms with Crippen LogP contribution in [0.3, 0.4) is 0 Å². The van der Waals surface area contributed by atoms with Crippen LogP contribution in [-0.2, 0) is 13.1 Å². The molecular weight excluding hydrogens is 378 g/mol. The lowest BCUT2D eigenvalue weighted by atomic mass is 10.1. The number of fused-ring (bicyclic) bond motifs is 1. The molecular formula is C23H23N5O2. The summed E-state index contributed by atoms with van der Waals surface area (Å²) in [6.45, 7) is 3.22. The summed E-state index contributed by atoms with van der Waals surface area (Å²) in [6, 6.07) is 19.4. The molecule has 0 unspecified atom stereocenters. The van der Waals surface area contributed by atoms with Gasteiger partial charge in [0.1, 0.15) is 11.5 Å². The molecule has 4 rings (SSSR count). The summed E-state index contributed by atoms with van der Waals surface area (Å²) in [5.41, 5.74) is 8.43. The van der Waals surface area contributed by atoms with Gasteiger partial charge in [-0.1, -0.05) is 54.6 Å². The molecule has 0 fully saturated rings. The molecule has 3 N–H and O–H groups in total. The third-order valence-corrected chi connectivity index (χ3v) is 5.17. The number of nitrogen functional groups attached to an aromatic ring is 1. The van der Waals surface area contributed by atoms with Crippen LogP contribution in [0.4, 0.5) is 11.5 Å². The van der Waals surface area contributed by atoms with Crippen molar-refractivity contribution in [3.05, 3.63) is 98.8 Å². The van der Waals surface area contributed by atoms with Gasteiger partial charge in [-0.2, -0.15) is 0 Å². The summed E-state index contributed by atoms with van der Waals surface area (Å²) in [5.74, 6) is 0.155. The standard InChI is InChI=1S/C23H23N5O2/c1-2-27(15-18-11-6-10-17-12-7-13-25-19(17)18)20-21(24)28(23(30)26-22(20)29)14-16-8-4-3-5-9-16/h3-13H,2,14-15,24H2,1H3,(H,26,29,30). The molecule has 0 atom stereocenters. The van der Waals surface area contributed by atoms with Crippen molar-refractivity contribution in [2.45, 2.75) is 20.0 Å². The van der Waals surface area contributed by atoms with E-state index >= 15 is 0 Å². The quantitative estimate of drug-likeness (QED) is 0.518. The Balaban J connectivity index is 1.77. The van der Waals surface area contributed by atoms with E-state index in [0.717, 1.165) is 22.0 Å². The largest absolute Gasteiger partial charge is 0.383 e. The van der Waals surface area contributed by atoms with Gasteiger partial charge in [0.25, 0.3) is 5.56 Å². The summed E-state index contributed by atoms with van der Waals surface area (Å²) in [5, 5.41) is 1.03. The van der Waals surface area contributed by atoms with Crippen molar-refractivity contribution in [2.75, 3.05) is 17.2 Å². The fourth-order valence-corrected chi connectivity index (χ4v) is 3.66. The predicted octanol–water partition coefficient (Wildman–Crippen LogP) is 2.74. The minimum Gasteiger partial charge on any atom is -0.383 e. The molecule has 0 saturated carbocycles. The van der Waals surface area contributed by atoms with Crippen LogP contribution in [0, 0.1) is 0 Å². The number of benzene rings is 2. The van der Waals surface area contributed by atoms with E-state index in [1.165, 1.54) is 4.57 Å². The number of para-hydroxylation sites is 1. The topological polar surface area (TPSA) is 97.0 Å². The third-order valence-electron chi connectivity index (χ3n) is 5.17. The van der Waals surface area contributed by atoms with E-state index in [1.807, 2.05) is 72.5 Å². The van der Waals surface area contributed by atoms with Gasteiger partial charge >= 0.3 is 5.69 Å². The van der Waals surface area contributed by atoms with Crippen LogP contribution in [-0.4, -0.2) is 21.1 Å². The zero-order chi connectivity index (χ0) is 21.1. The zero-order valence-electron chi connectivity index (χ0n) is 16.7. The molecule has 0 aliphatic rings. The van der Waals surface area contributed by atoms with Gasteiger partial charge in [-0.3, -0.25) is 19.3 Å². The van der Waals surface area contributed by atoms with Crippen molar-refractivity contribution in [1.29, 1.82) is 0 Å². The number of nitrogens with two attached hydrogens (primary N) is 1. The number of pyridine rings is 1. The Morgan fingerprint density at radius 3 is 2.57 bits per heavy atom. The number of H-pyrrole nitrogens is 1. The highest BCUT2D eigenvalue weighted by atomic mass is 16.2. The van der Waals surface area contributed by atoms with E-state index in [1.54, 1.807) is 6.20 Å². The van der Waals surface area contributed by atoms with Gasteiger partial charge in [-0.15, -0.1) is 0 Å². The van der Waals surface area contributed by atoms with Crippen molar-refractivity contribution in [2.24, 2.45) is 0 Å². The van der Waals surface area contributed by atoms with Crippen LogP contribution >= 0.6 is 0 Å². The molecule has 30 heavy (non-hydrogen) atoms. The Bertz CT molecular complexity index is 1290. The average molecular weight is 401 g/mol. The highest BCUT2D eigenvalue weighted by Gasteiger charge is 2.19. The Labute approximate surface area is 173 Å². The smallest absolute Gasteiger partial charge is 0.330 e. The fraction of sp³-hybridized carbons (Fsp3) is 0.174. The van der Waals surface area contributed by atoms with Crippen LogP contribution in [0.15, 0.2) is 76.4 Å². The van der Waals surface area contributed by atoms with E-state index < -0.39 is 11.2 Å². The third kappa shape index (κ3) is 3.69. The van der Waals surface area contributed by atoms with Gasteiger partial charge in [0, 0.05) is 24.7 Å². The molecule has 4 aromatic rings. The normalized spacial score (nSPS) is 11.0. The van der Waals surface area contributed by atoms with E-state index in [9.17, 15) is 9.59 Å². The van der Waals surface area contributed by atoms with Crippen LogP contribution in [0.25, 0.3) is 10.9 Å². The molecule has 0 bridgehead atoms. The van der Waals surface area contributed by atoms with Gasteiger partial charge < -0.3 is 10.6 Å². The Morgan fingerprint density at radius 2 is 1.80 bits per heavy atom. The zero-order valence-corrected chi connectivity index (χ0v) is 16.7. The lowest BCUT2D eigenvalue weighted by Crippen LogP contribution is -2.38. The van der Waals surface area contributed by atoms with Gasteiger partial charge in [-0.25, -0.2) is 4.79 Å². The molecule has 2 heterocycles. The number of rotatable bonds is 6. The lowest BCUT2D eigenvalue weighted by molar-refractivity contribution is 0.718. The molecule has 0 aliphatic heterocycles. The molecule has 152 valence electrons. The number of hydrogen-bond acceptors (Lipinski definition) is 5. The Hall–Kier alpha value is -3.87. The highest BCUT2D eigenvalue weighted by molar-refractivity contribution is 5.82. The second kappa shape index (κ2) is 8.24. The minimum atomic E-state index is -0.520. The highest BCUT2D eigenvalue weighted by Crippen LogP contribution is 2.23. The molecule has 0 radical (unpaired) electrons. The van der Waals surface area contributed by atoms with Gasteiger partial charge in [0.2, 0.25) is 0 Å². The molecule has 7 heteroatoms. The van der Waals surface area contributed by atoms with Gasteiger partial charge in [0.05, 0.1) is 12.1 Å². The van der Waals surface area contributed by atoms with Gasteiger partial charge in [-0.05, 0) is 24.1 Å². The summed E-state index contributed by atoms with van der Waals surface area (Å²) in [4.78, 5) is 34.0. The van der Waals surface area contributed by atoms with Crippen molar-refractivity contribution in [3.63, 3.8) is 0 Å². The Morgan fingerprint density at radius 1 is 1.03 bits per heavy atom. The maximum Gasteiger partial charge on any atom is 0.330 e. The SMILES string of the molecule is CCN(Cc1cccc2cccnc12)c1c(N)n(Cc2ccccc2)c(=O)[nH]c1=O. The summed E-state index contributed by atoms with van der Waals surface area (Å²) < 4.78 is 1.40. The molecule has 0 saturated heterocycles. The van der Waals surface area contributed by atoms with Crippen molar-refractivity contribution in [1.82, 2.24) is 14.5 Å². The molecule has 2 aromatic carbocycles. The lowest BCUT2D eigenvalue weighted by Gasteiger charge is -2.25. The monoisotopic (exact) mass is 401 g/mol. The molecule has 0 aliphatic carbocycles. The van der Waals surface area contributed by atoms with E-state index in [2.05, 4.69) is 9.97 Å².